The van der Waals surface area contributed by atoms with E-state index in [4.69, 9.17) is 0 Å². The van der Waals surface area contributed by atoms with E-state index in [1.54, 1.807) is 6.08 Å². The van der Waals surface area contributed by atoms with E-state index in [1.807, 2.05) is 6.08 Å². The molecule has 0 heterocycles. The Labute approximate surface area is 261 Å². The van der Waals surface area contributed by atoms with E-state index in [9.17, 15) is 15.0 Å². The van der Waals surface area contributed by atoms with Crippen LogP contribution in [-0.4, -0.2) is 34.9 Å². The van der Waals surface area contributed by atoms with Crippen LogP contribution in [0.15, 0.2) is 36.5 Å². The Morgan fingerprint density at radius 3 is 1.43 bits per heavy atom. The van der Waals surface area contributed by atoms with Crippen molar-refractivity contribution in [1.82, 2.24) is 5.32 Å². The highest BCUT2D eigenvalue weighted by Gasteiger charge is 2.17. The molecule has 0 bridgehead atoms. The molecule has 0 aliphatic heterocycles. The zero-order valence-electron chi connectivity index (χ0n) is 28.0. The van der Waals surface area contributed by atoms with Crippen LogP contribution in [0.3, 0.4) is 0 Å². The third-order valence-corrected chi connectivity index (χ3v) is 8.10. The molecule has 2 atom stereocenters. The van der Waals surface area contributed by atoms with E-state index in [1.165, 1.54) is 128 Å². The lowest BCUT2D eigenvalue weighted by atomic mass is 10.0. The van der Waals surface area contributed by atoms with Gasteiger partial charge >= 0.3 is 0 Å². The number of hydrogen-bond acceptors (Lipinski definition) is 3. The summed E-state index contributed by atoms with van der Waals surface area (Å²) < 4.78 is 0. The molecule has 0 aromatic heterocycles. The lowest BCUT2D eigenvalue weighted by Gasteiger charge is -2.19. The zero-order valence-corrected chi connectivity index (χ0v) is 28.0. The predicted octanol–water partition coefficient (Wildman–Crippen LogP) is 10.7. The van der Waals surface area contributed by atoms with Crippen LogP contribution in [-0.2, 0) is 4.79 Å². The van der Waals surface area contributed by atoms with Crippen LogP contribution >= 0.6 is 0 Å². The summed E-state index contributed by atoms with van der Waals surface area (Å²) in [4.78, 5) is 12.3. The molecule has 0 saturated carbocycles. The summed E-state index contributed by atoms with van der Waals surface area (Å²) in [6.07, 6.45) is 43.8. The van der Waals surface area contributed by atoms with Gasteiger partial charge in [0, 0.05) is 6.42 Å². The third kappa shape index (κ3) is 30.1. The fourth-order valence-corrected chi connectivity index (χ4v) is 5.25. The van der Waals surface area contributed by atoms with Crippen molar-refractivity contribution in [1.29, 1.82) is 0 Å². The number of amides is 1. The van der Waals surface area contributed by atoms with Crippen LogP contribution in [0.2, 0.25) is 0 Å². The number of allylic oxidation sites excluding steroid dienone is 5. The van der Waals surface area contributed by atoms with E-state index in [2.05, 4.69) is 43.5 Å². The molecule has 0 rings (SSSR count). The molecule has 0 unspecified atom stereocenters. The minimum Gasteiger partial charge on any atom is -0.394 e. The maximum atomic E-state index is 12.3. The Bertz CT molecular complexity index is 642. The van der Waals surface area contributed by atoms with Gasteiger partial charge < -0.3 is 15.5 Å². The second-order valence-corrected chi connectivity index (χ2v) is 12.3. The van der Waals surface area contributed by atoms with Crippen LogP contribution in [0.25, 0.3) is 0 Å². The van der Waals surface area contributed by atoms with Gasteiger partial charge in [-0.1, -0.05) is 153 Å². The molecular weight excluding hydrogens is 518 g/mol. The minimum absolute atomic E-state index is 0.0789. The van der Waals surface area contributed by atoms with Crippen LogP contribution in [0.5, 0.6) is 0 Å². The molecule has 42 heavy (non-hydrogen) atoms. The molecule has 0 spiro atoms. The maximum Gasteiger partial charge on any atom is 0.220 e. The van der Waals surface area contributed by atoms with Crippen molar-refractivity contribution in [2.24, 2.45) is 0 Å². The quantitative estimate of drug-likeness (QED) is 0.0540. The van der Waals surface area contributed by atoms with E-state index < -0.39 is 12.1 Å². The van der Waals surface area contributed by atoms with Gasteiger partial charge in [0.15, 0.2) is 0 Å². The second-order valence-electron chi connectivity index (χ2n) is 12.3. The third-order valence-electron chi connectivity index (χ3n) is 8.10. The van der Waals surface area contributed by atoms with Crippen molar-refractivity contribution >= 4 is 5.91 Å². The first-order valence-electron chi connectivity index (χ1n) is 18.2. The maximum absolute atomic E-state index is 12.3. The van der Waals surface area contributed by atoms with Gasteiger partial charge in [-0.3, -0.25) is 4.79 Å². The van der Waals surface area contributed by atoms with Crippen molar-refractivity contribution in [2.45, 2.75) is 193 Å². The molecule has 0 aliphatic carbocycles. The molecular formula is C38H71NO3. The van der Waals surface area contributed by atoms with Gasteiger partial charge in [-0.05, 0) is 57.8 Å². The number of nitrogens with one attached hydrogen (secondary N) is 1. The van der Waals surface area contributed by atoms with Crippen LogP contribution < -0.4 is 5.32 Å². The molecule has 4 heteroatoms. The highest BCUT2D eigenvalue weighted by Crippen LogP contribution is 2.13. The molecule has 0 aromatic carbocycles. The van der Waals surface area contributed by atoms with Gasteiger partial charge in [0.05, 0.1) is 18.8 Å². The van der Waals surface area contributed by atoms with Gasteiger partial charge in [-0.15, -0.1) is 0 Å². The molecule has 0 aliphatic rings. The topological polar surface area (TPSA) is 69.6 Å². The molecule has 0 aromatic rings. The SMILES string of the molecule is CCCCC/C=C/CC/C=C/[C@@H](O)[C@H](CO)NC(=O)CCCCCCCCCCCCC/C=C/CCCCCCCC. The molecule has 3 N–H and O–H groups in total. The van der Waals surface area contributed by atoms with Crippen molar-refractivity contribution in [3.8, 4) is 0 Å². The molecule has 246 valence electrons. The van der Waals surface area contributed by atoms with Crippen LogP contribution in [0.4, 0.5) is 0 Å². The number of aliphatic hydroxyl groups excluding tert-OH is 2. The van der Waals surface area contributed by atoms with Gasteiger partial charge in [0.2, 0.25) is 5.91 Å². The largest absolute Gasteiger partial charge is 0.394 e. The predicted molar refractivity (Wildman–Crippen MR) is 184 cm³/mol. The van der Waals surface area contributed by atoms with E-state index in [-0.39, 0.29) is 12.5 Å². The fourth-order valence-electron chi connectivity index (χ4n) is 5.25. The molecule has 1 amide bonds. The van der Waals surface area contributed by atoms with Crippen molar-refractivity contribution in [2.75, 3.05) is 6.61 Å². The van der Waals surface area contributed by atoms with Crippen LogP contribution in [0.1, 0.15) is 181 Å². The standard InChI is InChI=1S/C38H71NO3/c1-3-5-7-9-11-13-14-15-16-17-18-19-20-21-22-23-24-26-28-30-32-34-38(42)39-36(35-40)37(41)33-31-29-27-25-12-10-8-6-4-2/h12,15-16,25,31,33,36-37,40-41H,3-11,13-14,17-24,26-30,32,34-35H2,1-2H3,(H,39,42)/b16-15+,25-12+,33-31+/t36-,37+/m0/s1. The van der Waals surface area contributed by atoms with Gasteiger partial charge in [-0.2, -0.15) is 0 Å². The van der Waals surface area contributed by atoms with Gasteiger partial charge in [0.25, 0.3) is 0 Å². The summed E-state index contributed by atoms with van der Waals surface area (Å²) in [5.74, 6) is -0.0789. The number of hydrogen-bond donors (Lipinski definition) is 3. The smallest absolute Gasteiger partial charge is 0.220 e. The Morgan fingerprint density at radius 2 is 0.929 bits per heavy atom. The highest BCUT2D eigenvalue weighted by atomic mass is 16.3. The summed E-state index contributed by atoms with van der Waals surface area (Å²) in [6.45, 7) is 4.23. The number of carbonyl (C=O) groups excluding carboxylic acids is 1. The highest BCUT2D eigenvalue weighted by molar-refractivity contribution is 5.76. The first kappa shape index (κ1) is 40.6. The number of unbranched alkanes of at least 4 members (excludes halogenated alkanes) is 21. The van der Waals surface area contributed by atoms with E-state index in [0.717, 1.165) is 32.1 Å². The van der Waals surface area contributed by atoms with E-state index in [0.29, 0.717) is 6.42 Å². The first-order chi connectivity index (χ1) is 20.7. The number of aliphatic hydroxyl groups is 2. The summed E-state index contributed by atoms with van der Waals surface area (Å²) in [7, 11) is 0. The van der Waals surface area contributed by atoms with Crippen LogP contribution in [0, 0.1) is 0 Å². The number of rotatable bonds is 32. The molecule has 4 nitrogen and oxygen atoms in total. The summed E-state index contributed by atoms with van der Waals surface area (Å²) in [6, 6.07) is -0.635. The average Bonchev–Trinajstić information content (AvgIpc) is 2.99. The van der Waals surface area contributed by atoms with Crippen molar-refractivity contribution in [3.05, 3.63) is 36.5 Å². The Kier molecular flexibility index (Phi) is 33.0. The normalized spacial score (nSPS) is 13.5. The Balaban J connectivity index is 3.56. The van der Waals surface area contributed by atoms with Gasteiger partial charge in [0.1, 0.15) is 0 Å². The molecule has 0 radical (unpaired) electrons. The average molecular weight is 590 g/mol. The lowest BCUT2D eigenvalue weighted by molar-refractivity contribution is -0.123. The molecule has 0 fully saturated rings. The Morgan fingerprint density at radius 1 is 0.548 bits per heavy atom. The monoisotopic (exact) mass is 590 g/mol. The summed E-state index contributed by atoms with van der Waals surface area (Å²) in [5, 5.41) is 22.7. The summed E-state index contributed by atoms with van der Waals surface area (Å²) >= 11 is 0. The summed E-state index contributed by atoms with van der Waals surface area (Å²) in [5.41, 5.74) is 0. The van der Waals surface area contributed by atoms with E-state index >= 15 is 0 Å². The van der Waals surface area contributed by atoms with Crippen molar-refractivity contribution in [3.63, 3.8) is 0 Å². The first-order valence-corrected chi connectivity index (χ1v) is 18.2. The lowest BCUT2D eigenvalue weighted by Crippen LogP contribution is -2.45. The van der Waals surface area contributed by atoms with Crippen molar-refractivity contribution < 1.29 is 15.0 Å². The zero-order chi connectivity index (χ0) is 30.8. The fraction of sp³-hybridized carbons (Fsp3) is 0.816. The second kappa shape index (κ2) is 34.1. The number of carbonyl (C=O) groups is 1. The molecule has 0 saturated heterocycles. The van der Waals surface area contributed by atoms with Gasteiger partial charge in [-0.25, -0.2) is 0 Å². The Hall–Kier alpha value is -1.39. The minimum atomic E-state index is -0.857.